The Kier molecular flexibility index (Phi) is 2.34. The van der Waals surface area contributed by atoms with Gasteiger partial charge in [0, 0.05) is 12.7 Å². The van der Waals surface area contributed by atoms with Crippen LogP contribution in [-0.4, -0.2) is 23.0 Å². The summed E-state index contributed by atoms with van der Waals surface area (Å²) in [5, 5.41) is 3.65. The van der Waals surface area contributed by atoms with Crippen LogP contribution in [0.15, 0.2) is 6.07 Å². The zero-order chi connectivity index (χ0) is 11.1. The van der Waals surface area contributed by atoms with Gasteiger partial charge in [0.2, 0.25) is 0 Å². The summed E-state index contributed by atoms with van der Waals surface area (Å²) in [6.45, 7) is 0.714. The second kappa shape index (κ2) is 3.41. The Morgan fingerprint density at radius 3 is 2.80 bits per heavy atom. The molecule has 1 aromatic heterocycles. The molecule has 0 spiro atoms. The van der Waals surface area contributed by atoms with Crippen molar-refractivity contribution in [2.24, 2.45) is 0 Å². The molecule has 0 radical (unpaired) electrons. The molecule has 1 aromatic rings. The van der Waals surface area contributed by atoms with Crippen LogP contribution in [0.2, 0.25) is 0 Å². The van der Waals surface area contributed by atoms with Crippen molar-refractivity contribution in [2.75, 3.05) is 18.9 Å². The lowest BCUT2D eigenvalue weighted by Crippen LogP contribution is -2.19. The first kappa shape index (κ1) is 10.3. The van der Waals surface area contributed by atoms with Crippen LogP contribution in [0.25, 0.3) is 0 Å². The highest BCUT2D eigenvalue weighted by Crippen LogP contribution is 2.33. The maximum Gasteiger partial charge on any atom is 0.433 e. The molecule has 0 bridgehead atoms. The van der Waals surface area contributed by atoms with Gasteiger partial charge >= 0.3 is 6.18 Å². The summed E-state index contributed by atoms with van der Waals surface area (Å²) in [4.78, 5) is 0. The van der Waals surface area contributed by atoms with E-state index in [4.69, 9.17) is 10.5 Å². The topological polar surface area (TPSA) is 53.1 Å². The summed E-state index contributed by atoms with van der Waals surface area (Å²) in [5.74, 6) is -0.116. The molecule has 1 aliphatic heterocycles. The van der Waals surface area contributed by atoms with Crippen molar-refractivity contribution in [3.8, 4) is 0 Å². The lowest BCUT2D eigenvalue weighted by atomic mass is 10.2. The summed E-state index contributed by atoms with van der Waals surface area (Å²) in [7, 11) is 0. The number of nitrogens with zero attached hydrogens (tertiary/aromatic N) is 2. The van der Waals surface area contributed by atoms with E-state index in [0.717, 1.165) is 10.7 Å². The van der Waals surface area contributed by atoms with Gasteiger partial charge in [0.15, 0.2) is 0 Å². The Balaban J connectivity index is 2.37. The van der Waals surface area contributed by atoms with Crippen molar-refractivity contribution in [3.05, 3.63) is 11.8 Å². The number of rotatable bonds is 1. The number of aromatic nitrogens is 2. The number of hydrogen-bond acceptors (Lipinski definition) is 3. The van der Waals surface area contributed by atoms with Crippen LogP contribution in [-0.2, 0) is 10.9 Å². The van der Waals surface area contributed by atoms with Gasteiger partial charge in [-0.15, -0.1) is 0 Å². The number of hydrogen-bond donors (Lipinski definition) is 1. The fraction of sp³-hybridized carbons (Fsp3) is 0.625. The average Bonchev–Trinajstić information content (AvgIpc) is 2.68. The quantitative estimate of drug-likeness (QED) is 0.780. The highest BCUT2D eigenvalue weighted by Gasteiger charge is 2.38. The van der Waals surface area contributed by atoms with Gasteiger partial charge in [-0.2, -0.15) is 18.3 Å². The van der Waals surface area contributed by atoms with Gasteiger partial charge in [-0.3, -0.25) is 4.68 Å². The largest absolute Gasteiger partial charge is 0.433 e. The highest BCUT2D eigenvalue weighted by atomic mass is 19.4. The zero-order valence-electron chi connectivity index (χ0n) is 7.79. The van der Waals surface area contributed by atoms with Gasteiger partial charge in [0.1, 0.15) is 11.5 Å². The smallest absolute Gasteiger partial charge is 0.382 e. The average molecular weight is 221 g/mol. The predicted molar refractivity (Wildman–Crippen MR) is 46.1 cm³/mol. The fourth-order valence-electron chi connectivity index (χ4n) is 1.62. The van der Waals surface area contributed by atoms with E-state index in [1.54, 1.807) is 0 Å². The van der Waals surface area contributed by atoms with Crippen molar-refractivity contribution in [1.82, 2.24) is 9.78 Å². The van der Waals surface area contributed by atoms with Crippen molar-refractivity contribution >= 4 is 5.82 Å². The minimum atomic E-state index is -4.42. The normalized spacial score (nSPS) is 22.2. The minimum absolute atomic E-state index is 0.116. The monoisotopic (exact) mass is 221 g/mol. The molecule has 1 saturated heterocycles. The van der Waals surface area contributed by atoms with E-state index in [1.807, 2.05) is 0 Å². The third kappa shape index (κ3) is 1.92. The molecule has 1 atom stereocenters. The van der Waals surface area contributed by atoms with Gasteiger partial charge < -0.3 is 10.5 Å². The first-order chi connectivity index (χ1) is 6.98. The Morgan fingerprint density at radius 2 is 2.27 bits per heavy atom. The van der Waals surface area contributed by atoms with Crippen molar-refractivity contribution < 1.29 is 17.9 Å². The summed E-state index contributed by atoms with van der Waals surface area (Å²) in [6.07, 6.45) is -3.89. The summed E-state index contributed by atoms with van der Waals surface area (Å²) in [5.41, 5.74) is 4.46. The molecule has 2 N–H and O–H groups in total. The molecule has 1 aliphatic rings. The van der Waals surface area contributed by atoms with Gasteiger partial charge in [-0.05, 0) is 6.42 Å². The Bertz CT molecular complexity index is 355. The van der Waals surface area contributed by atoms with E-state index in [2.05, 4.69) is 5.10 Å². The van der Waals surface area contributed by atoms with Gasteiger partial charge in [-0.25, -0.2) is 0 Å². The van der Waals surface area contributed by atoms with Crippen molar-refractivity contribution in [3.63, 3.8) is 0 Å². The van der Waals surface area contributed by atoms with E-state index in [9.17, 15) is 13.2 Å². The second-order valence-corrected chi connectivity index (χ2v) is 3.41. The molecule has 84 valence electrons. The first-order valence-corrected chi connectivity index (χ1v) is 4.48. The van der Waals surface area contributed by atoms with E-state index in [-0.39, 0.29) is 18.5 Å². The number of ether oxygens (including phenoxy) is 1. The van der Waals surface area contributed by atoms with Crippen LogP contribution in [0.3, 0.4) is 0 Å². The van der Waals surface area contributed by atoms with Gasteiger partial charge in [-0.1, -0.05) is 0 Å². The summed E-state index contributed by atoms with van der Waals surface area (Å²) < 4.78 is 43.6. The second-order valence-electron chi connectivity index (χ2n) is 3.41. The van der Waals surface area contributed by atoms with E-state index in [1.165, 1.54) is 0 Å². The third-order valence-corrected chi connectivity index (χ3v) is 2.30. The number of nitrogen functional groups attached to an aromatic ring is 1. The molecule has 0 aliphatic carbocycles. The maximum atomic E-state index is 12.6. The van der Waals surface area contributed by atoms with Crippen LogP contribution < -0.4 is 5.73 Å². The molecular weight excluding hydrogens is 211 g/mol. The van der Waals surface area contributed by atoms with Crippen LogP contribution in [0, 0.1) is 0 Å². The Hall–Kier alpha value is -1.24. The standard InChI is InChI=1S/C8H10F3N3O/c9-8(10,11)6-3-7(12)13-14(6)5-1-2-15-4-5/h3,5H,1-2,4H2,(H2,12,13)/t5-/m1/s1. The number of halogens is 3. The van der Waals surface area contributed by atoms with E-state index < -0.39 is 11.9 Å². The Morgan fingerprint density at radius 1 is 1.53 bits per heavy atom. The van der Waals surface area contributed by atoms with Crippen molar-refractivity contribution in [2.45, 2.75) is 18.6 Å². The van der Waals surface area contributed by atoms with E-state index >= 15 is 0 Å². The number of nitrogens with two attached hydrogens (primary N) is 1. The SMILES string of the molecule is Nc1cc(C(F)(F)F)n([C@@H]2CCOC2)n1. The predicted octanol–water partition coefficient (Wildman–Crippen LogP) is 1.45. The van der Waals surface area contributed by atoms with Crippen LogP contribution in [0.5, 0.6) is 0 Å². The molecular formula is C8H10F3N3O. The maximum absolute atomic E-state index is 12.6. The highest BCUT2D eigenvalue weighted by molar-refractivity contribution is 5.31. The molecule has 1 fully saturated rings. The number of anilines is 1. The molecule has 7 heteroatoms. The lowest BCUT2D eigenvalue weighted by molar-refractivity contribution is -0.145. The fourth-order valence-corrected chi connectivity index (χ4v) is 1.62. The van der Waals surface area contributed by atoms with Crippen LogP contribution >= 0.6 is 0 Å². The first-order valence-electron chi connectivity index (χ1n) is 4.48. The zero-order valence-corrected chi connectivity index (χ0v) is 7.79. The molecule has 2 rings (SSSR count). The summed E-state index contributed by atoms with van der Waals surface area (Å²) >= 11 is 0. The molecule has 2 heterocycles. The molecule has 0 unspecified atom stereocenters. The molecule has 0 aromatic carbocycles. The summed E-state index contributed by atoms with van der Waals surface area (Å²) in [6, 6.07) is 0.483. The molecule has 4 nitrogen and oxygen atoms in total. The lowest BCUT2D eigenvalue weighted by Gasteiger charge is -2.14. The van der Waals surface area contributed by atoms with Crippen molar-refractivity contribution in [1.29, 1.82) is 0 Å². The molecule has 0 saturated carbocycles. The van der Waals surface area contributed by atoms with Gasteiger partial charge in [0.25, 0.3) is 0 Å². The molecule has 0 amide bonds. The Labute approximate surface area is 83.8 Å². The van der Waals surface area contributed by atoms with Crippen LogP contribution in [0.1, 0.15) is 18.2 Å². The third-order valence-electron chi connectivity index (χ3n) is 2.30. The van der Waals surface area contributed by atoms with E-state index in [0.29, 0.717) is 13.0 Å². The van der Waals surface area contributed by atoms with Gasteiger partial charge in [0.05, 0.1) is 12.6 Å². The molecule has 15 heavy (non-hydrogen) atoms. The number of alkyl halides is 3. The van der Waals surface area contributed by atoms with Crippen LogP contribution in [0.4, 0.5) is 19.0 Å². The minimum Gasteiger partial charge on any atom is -0.382 e.